The molecular weight excluding hydrogens is 578 g/mol. The molecule has 6 rings (SSSR count). The summed E-state index contributed by atoms with van der Waals surface area (Å²) in [6, 6.07) is 27.1. The number of aromatic nitrogens is 3. The summed E-state index contributed by atoms with van der Waals surface area (Å²) in [5.41, 5.74) is 8.76. The average molecular weight is 624 g/mol. The first-order valence-electron chi connectivity index (χ1n) is 16.4. The molecule has 0 unspecified atom stereocenters. The first-order valence-corrected chi connectivity index (χ1v) is 16.4. The fourth-order valence-electron chi connectivity index (χ4n) is 6.00. The number of anilines is 1. The molecule has 6 nitrogen and oxygen atoms in total. The van der Waals surface area contributed by atoms with Crippen molar-refractivity contribution in [1.29, 1.82) is 0 Å². The normalized spacial score (nSPS) is 14.0. The highest BCUT2D eigenvalue weighted by atomic mass is 16.5. The second-order valence-corrected chi connectivity index (χ2v) is 15.0. The first kappa shape index (κ1) is 32.1. The van der Waals surface area contributed by atoms with Gasteiger partial charge in [-0.3, -0.25) is 19.9 Å². The first-order chi connectivity index (χ1) is 22.3. The van der Waals surface area contributed by atoms with Gasteiger partial charge >= 0.3 is 0 Å². The van der Waals surface area contributed by atoms with Crippen LogP contribution in [0.1, 0.15) is 94.7 Å². The van der Waals surface area contributed by atoms with Crippen molar-refractivity contribution >= 4 is 17.6 Å². The summed E-state index contributed by atoms with van der Waals surface area (Å²) >= 11 is 0. The van der Waals surface area contributed by atoms with Gasteiger partial charge in [-0.25, -0.2) is 0 Å². The number of aliphatic imine (C=N–C) groups is 1. The van der Waals surface area contributed by atoms with Gasteiger partial charge in [-0.2, -0.15) is 0 Å². The van der Waals surface area contributed by atoms with E-state index in [-0.39, 0.29) is 16.2 Å². The van der Waals surface area contributed by atoms with Gasteiger partial charge in [0.25, 0.3) is 0 Å². The molecule has 0 fully saturated rings. The molecule has 1 aliphatic rings. The van der Waals surface area contributed by atoms with Crippen LogP contribution in [-0.2, 0) is 29.3 Å². The van der Waals surface area contributed by atoms with E-state index in [1.807, 2.05) is 61.1 Å². The number of rotatable bonds is 7. The zero-order valence-electron chi connectivity index (χ0n) is 28.9. The van der Waals surface area contributed by atoms with E-state index in [9.17, 15) is 0 Å². The largest absolute Gasteiger partial charge is 0.452 e. The Bertz CT molecular complexity index is 1850. The Hall–Kier alpha value is -4.84. The van der Waals surface area contributed by atoms with Crippen LogP contribution in [0.5, 0.6) is 11.5 Å². The summed E-state index contributed by atoms with van der Waals surface area (Å²) in [5, 5.41) is 0. The van der Waals surface area contributed by atoms with Gasteiger partial charge in [-0.1, -0.05) is 85.7 Å². The molecule has 0 radical (unpaired) electrons. The highest BCUT2D eigenvalue weighted by molar-refractivity contribution is 5.82. The zero-order chi connectivity index (χ0) is 33.4. The van der Waals surface area contributed by atoms with Gasteiger partial charge in [-0.05, 0) is 70.5 Å². The highest BCUT2D eigenvalue weighted by Crippen LogP contribution is 2.56. The molecule has 6 heteroatoms. The molecule has 0 bridgehead atoms. The Morgan fingerprint density at radius 3 is 1.72 bits per heavy atom. The van der Waals surface area contributed by atoms with E-state index in [4.69, 9.17) is 19.7 Å². The van der Waals surface area contributed by atoms with Crippen molar-refractivity contribution < 1.29 is 4.74 Å². The third-order valence-corrected chi connectivity index (χ3v) is 8.94. The van der Waals surface area contributed by atoms with Gasteiger partial charge in [0.2, 0.25) is 0 Å². The Balaban J connectivity index is 1.58. The summed E-state index contributed by atoms with van der Waals surface area (Å²) < 4.78 is 7.14. The molecular formula is C41H45N5O. The minimum atomic E-state index is -0.378. The molecule has 240 valence electrons. The van der Waals surface area contributed by atoms with Crippen LogP contribution >= 0.6 is 0 Å². The van der Waals surface area contributed by atoms with Crippen LogP contribution in [0.2, 0.25) is 0 Å². The molecule has 0 saturated heterocycles. The van der Waals surface area contributed by atoms with Crippen LogP contribution in [0.25, 0.3) is 0 Å². The van der Waals surface area contributed by atoms with Crippen molar-refractivity contribution in [2.75, 3.05) is 4.90 Å². The highest BCUT2D eigenvalue weighted by Gasteiger charge is 2.40. The van der Waals surface area contributed by atoms with Crippen molar-refractivity contribution in [2.45, 2.75) is 84.7 Å². The van der Waals surface area contributed by atoms with Crippen molar-refractivity contribution in [1.82, 2.24) is 15.0 Å². The van der Waals surface area contributed by atoms with Crippen molar-refractivity contribution in [2.24, 2.45) is 4.99 Å². The van der Waals surface area contributed by atoms with Crippen LogP contribution in [0.3, 0.4) is 0 Å². The molecule has 0 amide bonds. The Kier molecular flexibility index (Phi) is 8.47. The van der Waals surface area contributed by atoms with Crippen LogP contribution in [-0.4, -0.2) is 21.2 Å². The predicted molar refractivity (Wildman–Crippen MR) is 192 cm³/mol. The van der Waals surface area contributed by atoms with Gasteiger partial charge in [0.15, 0.2) is 11.5 Å². The lowest BCUT2D eigenvalue weighted by molar-refractivity contribution is 0.415. The van der Waals surface area contributed by atoms with Crippen LogP contribution in [0.4, 0.5) is 11.4 Å². The molecule has 0 atom stereocenters. The number of benzene rings is 2. The van der Waals surface area contributed by atoms with Gasteiger partial charge in [0, 0.05) is 35.1 Å². The van der Waals surface area contributed by atoms with E-state index in [2.05, 4.69) is 102 Å². The monoisotopic (exact) mass is 623 g/mol. The number of nitrogens with zero attached hydrogens (tertiary/aromatic N) is 5. The van der Waals surface area contributed by atoms with E-state index in [1.165, 1.54) is 11.1 Å². The van der Waals surface area contributed by atoms with E-state index in [0.29, 0.717) is 13.1 Å². The van der Waals surface area contributed by atoms with Crippen LogP contribution in [0.15, 0.2) is 102 Å². The van der Waals surface area contributed by atoms with Gasteiger partial charge in [0.05, 0.1) is 42.1 Å². The van der Waals surface area contributed by atoms with Crippen molar-refractivity contribution in [3.63, 3.8) is 0 Å². The maximum Gasteiger partial charge on any atom is 0.157 e. The number of ether oxygens (including phenoxy) is 1. The maximum atomic E-state index is 7.14. The smallest absolute Gasteiger partial charge is 0.157 e. The topological polar surface area (TPSA) is 63.5 Å². The summed E-state index contributed by atoms with van der Waals surface area (Å²) in [6.45, 7) is 19.4. The number of hydrogen-bond acceptors (Lipinski definition) is 6. The lowest BCUT2D eigenvalue weighted by atomic mass is 9.71. The van der Waals surface area contributed by atoms with E-state index in [0.717, 1.165) is 51.1 Å². The molecule has 5 aromatic rings. The van der Waals surface area contributed by atoms with Crippen LogP contribution in [0, 0.1) is 0 Å². The lowest BCUT2D eigenvalue weighted by Crippen LogP contribution is -2.30. The second-order valence-electron chi connectivity index (χ2n) is 15.0. The van der Waals surface area contributed by atoms with Gasteiger partial charge in [0.1, 0.15) is 5.69 Å². The summed E-state index contributed by atoms with van der Waals surface area (Å²) in [5.74, 6) is 1.63. The SMILES string of the molecule is CC(C)(C)c1cc(N=Cc2ccccn2)c2c(c1)C(C)(C)c1cc(C(C)(C)C)cc(N(Cc3ccccn3)Cc3ccccn3)c1O2. The third kappa shape index (κ3) is 6.83. The van der Waals surface area contributed by atoms with E-state index < -0.39 is 0 Å². The Morgan fingerprint density at radius 2 is 1.21 bits per heavy atom. The van der Waals surface area contributed by atoms with Crippen LogP contribution < -0.4 is 9.64 Å². The minimum absolute atomic E-state index is 0.0821. The molecule has 0 aliphatic carbocycles. The number of pyridine rings is 3. The van der Waals surface area contributed by atoms with E-state index in [1.54, 1.807) is 6.20 Å². The molecule has 3 aromatic heterocycles. The standard InChI is InChI=1S/C41H45N5O/c1-39(2,3)28-21-33-37(35(23-28)45-25-30-15-9-12-18-42-30)47-38-34(41(33,7)8)22-29(40(4,5)6)24-36(38)46(26-31-16-10-13-19-43-31)27-32-17-11-14-20-44-32/h9-25H,26-27H2,1-8H3. The fraction of sp³-hybridized carbons (Fsp3) is 0.317. The lowest BCUT2D eigenvalue weighted by Gasteiger charge is -2.40. The summed E-state index contributed by atoms with van der Waals surface area (Å²) in [6.07, 6.45) is 7.31. The predicted octanol–water partition coefficient (Wildman–Crippen LogP) is 9.86. The quantitative estimate of drug-likeness (QED) is 0.169. The molecule has 0 saturated carbocycles. The Morgan fingerprint density at radius 1 is 0.681 bits per heavy atom. The molecule has 4 heterocycles. The third-order valence-electron chi connectivity index (χ3n) is 8.94. The maximum absolute atomic E-state index is 7.14. The molecule has 0 N–H and O–H groups in total. The molecule has 0 spiro atoms. The minimum Gasteiger partial charge on any atom is -0.452 e. The van der Waals surface area contributed by atoms with Crippen molar-refractivity contribution in [3.05, 3.63) is 137 Å². The molecule has 1 aliphatic heterocycles. The summed E-state index contributed by atoms with van der Waals surface area (Å²) in [7, 11) is 0. The van der Waals surface area contributed by atoms with E-state index >= 15 is 0 Å². The average Bonchev–Trinajstić information content (AvgIpc) is 3.04. The number of hydrogen-bond donors (Lipinski definition) is 0. The van der Waals surface area contributed by atoms with Crippen molar-refractivity contribution in [3.8, 4) is 11.5 Å². The fourth-order valence-corrected chi connectivity index (χ4v) is 6.00. The van der Waals surface area contributed by atoms with Gasteiger partial charge in [-0.15, -0.1) is 0 Å². The summed E-state index contributed by atoms with van der Waals surface area (Å²) in [4.78, 5) is 21.3. The zero-order valence-corrected chi connectivity index (χ0v) is 28.9. The Labute approximate surface area is 279 Å². The van der Waals surface area contributed by atoms with Gasteiger partial charge < -0.3 is 9.64 Å². The number of fused-ring (bicyclic) bond motifs is 2. The second kappa shape index (κ2) is 12.4. The molecule has 2 aromatic carbocycles. The molecule has 47 heavy (non-hydrogen) atoms.